The van der Waals surface area contributed by atoms with Crippen LogP contribution in [0.2, 0.25) is 0 Å². The Morgan fingerprint density at radius 1 is 1.17 bits per heavy atom. The molecule has 1 unspecified atom stereocenters. The predicted octanol–water partition coefficient (Wildman–Crippen LogP) is -2.81. The normalized spacial score (nSPS) is 0.500. The molecule has 0 rings (SSSR count). The predicted molar refractivity (Wildman–Crippen MR) is 37.4 cm³/mol. The van der Waals surface area contributed by atoms with Gasteiger partial charge < -0.3 is 0 Å². The van der Waals surface area contributed by atoms with Gasteiger partial charge >= 0.3 is 39.7 Å². The summed E-state index contributed by atoms with van der Waals surface area (Å²) in [6, 6.07) is 0. The molecule has 37 valence electrons. The van der Waals surface area contributed by atoms with E-state index in [1.807, 2.05) is 0 Å². The molecule has 1 atom stereocenters. The number of hydrogen-bond acceptors (Lipinski definition) is 1. The van der Waals surface area contributed by atoms with E-state index in [0.29, 0.717) is 0 Å². The van der Waals surface area contributed by atoms with Crippen molar-refractivity contribution in [3.63, 3.8) is 0 Å². The molecule has 0 aliphatic rings. The van der Waals surface area contributed by atoms with E-state index in [4.69, 9.17) is 4.70 Å². The fourth-order valence-electron chi connectivity index (χ4n) is 0. The van der Waals surface area contributed by atoms with Crippen LogP contribution in [0.4, 0.5) is 0 Å². The molecule has 0 fully saturated rings. The minimum Gasteiger partial charge on any atom is -0.0149 e. The van der Waals surface area contributed by atoms with Gasteiger partial charge in [0, 0.05) is 21.1 Å². The van der Waals surface area contributed by atoms with Gasteiger partial charge in [-0.3, -0.25) is 0 Å². The van der Waals surface area contributed by atoms with Gasteiger partial charge in [0.2, 0.25) is 0 Å². The molecule has 0 aliphatic heterocycles. The van der Waals surface area contributed by atoms with Crippen molar-refractivity contribution in [2.24, 2.45) is 0 Å². The molecule has 0 aromatic rings. The van der Waals surface area contributed by atoms with Crippen LogP contribution in [0.15, 0.2) is 0 Å². The van der Waals surface area contributed by atoms with Crippen LogP contribution in [-0.4, -0.2) is 46.0 Å². The largest absolute Gasteiger partial charge is 0.0149 e. The first-order valence-corrected chi connectivity index (χ1v) is 0.236. The summed E-state index contributed by atoms with van der Waals surface area (Å²) in [5.74, 6) is 0. The maximum Gasteiger partial charge on any atom is 0 e. The van der Waals surface area contributed by atoms with Crippen LogP contribution in [0.25, 0.3) is 0 Å². The summed E-state index contributed by atoms with van der Waals surface area (Å²) in [6.07, 6.45) is 0. The first-order valence-electron chi connectivity index (χ1n) is 0.236. The molecule has 0 bridgehead atoms. The minimum atomic E-state index is 0. The van der Waals surface area contributed by atoms with Crippen LogP contribution < -0.4 is 0 Å². The van der Waals surface area contributed by atoms with E-state index in [-0.39, 0.29) is 69.2 Å². The van der Waals surface area contributed by atoms with Crippen molar-refractivity contribution in [3.05, 3.63) is 0 Å². The maximum absolute atomic E-state index is 7.75. The van der Waals surface area contributed by atoms with Gasteiger partial charge in [-0.2, -0.15) is 9.90 Å². The van der Waals surface area contributed by atoms with Crippen LogP contribution in [-0.2, 0) is 25.8 Å². The molecule has 3 radical (unpaired) electrons. The fourth-order valence-corrected chi connectivity index (χ4v) is 0. The molecule has 0 amide bonds. The van der Waals surface area contributed by atoms with Crippen molar-refractivity contribution in [1.82, 2.24) is 0 Å². The van der Waals surface area contributed by atoms with Crippen molar-refractivity contribution < 1.29 is 25.8 Å². The molecule has 0 heterocycles. The average Bonchev–Trinajstić information content (AvgIpc) is 1.00. The minimum absolute atomic E-state index is 0. The van der Waals surface area contributed by atoms with Crippen molar-refractivity contribution in [2.45, 2.75) is 0 Å². The van der Waals surface area contributed by atoms with E-state index >= 15 is 0 Å². The molecular formula is H9BOPPbSiW. The first-order chi connectivity index (χ1) is 1.00. The Kier molecular flexibility index (Phi) is 418. The monoisotopic (exact) mass is 487 g/mol. The van der Waals surface area contributed by atoms with Gasteiger partial charge in [-0.15, -0.1) is 0 Å². The van der Waals surface area contributed by atoms with Gasteiger partial charge in [-0.1, -0.05) is 0 Å². The second-order valence-corrected chi connectivity index (χ2v) is 0. The number of rotatable bonds is 0. The maximum atomic E-state index is 7.75. The number of hydrogen-bond donors (Lipinski definition) is 0. The Morgan fingerprint density at radius 3 is 1.17 bits per heavy atom. The molecule has 1 nitrogen and oxygen atoms in total. The van der Waals surface area contributed by atoms with E-state index in [2.05, 4.69) is 7.72 Å². The summed E-state index contributed by atoms with van der Waals surface area (Å²) in [5.41, 5.74) is 0. The SMILES string of the molecule is P.[B]=O.[PbH2].[SiH4].[W]. The van der Waals surface area contributed by atoms with Crippen molar-refractivity contribution in [3.8, 4) is 0 Å². The van der Waals surface area contributed by atoms with E-state index < -0.39 is 0 Å². The van der Waals surface area contributed by atoms with Crippen molar-refractivity contribution >= 4 is 55.9 Å². The molecule has 6 heteroatoms. The summed E-state index contributed by atoms with van der Waals surface area (Å²) >= 11 is 0. The zero-order chi connectivity index (χ0) is 2.00. The topological polar surface area (TPSA) is 17.1 Å². The third-order valence-electron chi connectivity index (χ3n) is 0. The summed E-state index contributed by atoms with van der Waals surface area (Å²) in [7, 11) is 3.25. The second-order valence-electron chi connectivity index (χ2n) is 0. The van der Waals surface area contributed by atoms with E-state index in [1.54, 1.807) is 0 Å². The second kappa shape index (κ2) is 59.3. The molecule has 0 N–H and O–H groups in total. The summed E-state index contributed by atoms with van der Waals surface area (Å²) in [5, 5.41) is 0. The molecular weight excluding hydrogens is 477 g/mol. The van der Waals surface area contributed by atoms with Crippen molar-refractivity contribution in [2.75, 3.05) is 0 Å². The summed E-state index contributed by atoms with van der Waals surface area (Å²) < 4.78 is 7.75. The summed E-state index contributed by atoms with van der Waals surface area (Å²) in [4.78, 5) is 0. The Hall–Kier alpha value is 2.12. The molecule has 0 aromatic carbocycles. The van der Waals surface area contributed by atoms with Crippen LogP contribution in [0.5, 0.6) is 0 Å². The third-order valence-corrected chi connectivity index (χ3v) is 0. The van der Waals surface area contributed by atoms with E-state index in [1.165, 1.54) is 0 Å². The first kappa shape index (κ1) is 42.3. The summed E-state index contributed by atoms with van der Waals surface area (Å²) in [6.45, 7) is 0. The fraction of sp³-hybridized carbons (Fsp3) is 0. The van der Waals surface area contributed by atoms with Crippen LogP contribution in [0, 0.1) is 0 Å². The standard InChI is InChI=1S/BO.H3P.Pb.H4Si.W.2H/c1-2;;;;;;/h;1H3;;1H4;;;. The van der Waals surface area contributed by atoms with E-state index in [0.717, 1.165) is 0 Å². The molecule has 6 heavy (non-hydrogen) atoms. The third kappa shape index (κ3) is 35.7. The van der Waals surface area contributed by atoms with Gasteiger partial charge in [0.1, 0.15) is 0 Å². The van der Waals surface area contributed by atoms with Gasteiger partial charge in [0.25, 0.3) is 0 Å². The van der Waals surface area contributed by atoms with E-state index in [9.17, 15) is 0 Å². The van der Waals surface area contributed by atoms with Crippen molar-refractivity contribution in [1.29, 1.82) is 0 Å². The molecule has 0 saturated carbocycles. The van der Waals surface area contributed by atoms with Gasteiger partial charge in [0.05, 0.1) is 0 Å². The van der Waals surface area contributed by atoms with Gasteiger partial charge in [0.15, 0.2) is 0 Å². The average molecular weight is 486 g/mol. The van der Waals surface area contributed by atoms with Crippen LogP contribution >= 0.6 is 9.90 Å². The van der Waals surface area contributed by atoms with Gasteiger partial charge in [-0.05, 0) is 11.0 Å². The zero-order valence-electron chi connectivity index (χ0n) is 2.81. The molecule has 0 aromatic heterocycles. The molecule has 0 spiro atoms. The smallest absolute Gasteiger partial charge is 0 e. The Labute approximate surface area is 80.9 Å². The Morgan fingerprint density at radius 2 is 1.17 bits per heavy atom. The molecule has 0 saturated heterocycles. The zero-order valence-corrected chi connectivity index (χ0v) is 12.7. The quantitative estimate of drug-likeness (QED) is 0.267. The van der Waals surface area contributed by atoms with Crippen LogP contribution in [0.1, 0.15) is 0 Å². The Bertz CT molecular complexity index is 15.5. The van der Waals surface area contributed by atoms with Crippen LogP contribution in [0.3, 0.4) is 0 Å². The molecule has 0 aliphatic carbocycles. The van der Waals surface area contributed by atoms with Gasteiger partial charge in [-0.25, -0.2) is 0 Å². The Balaban J connectivity index is -0.000000000833.